The van der Waals surface area contributed by atoms with E-state index in [0.29, 0.717) is 31.8 Å². The predicted molar refractivity (Wildman–Crippen MR) is 85.0 cm³/mol. The predicted octanol–water partition coefficient (Wildman–Crippen LogP) is 2.58. The van der Waals surface area contributed by atoms with Gasteiger partial charge in [0, 0.05) is 32.5 Å². The molecule has 0 radical (unpaired) electrons. The van der Waals surface area contributed by atoms with E-state index in [1.807, 2.05) is 22.8 Å². The van der Waals surface area contributed by atoms with E-state index < -0.39 is 0 Å². The number of fused-ring (bicyclic) bond motifs is 1. The Bertz CT molecular complexity index is 604. The molecule has 23 heavy (non-hydrogen) atoms. The summed E-state index contributed by atoms with van der Waals surface area (Å²) < 4.78 is 13.4. The number of rotatable bonds is 3. The molecule has 2 fully saturated rings. The second kappa shape index (κ2) is 6.69. The van der Waals surface area contributed by atoms with Gasteiger partial charge >= 0.3 is 0 Å². The van der Waals surface area contributed by atoms with E-state index in [4.69, 9.17) is 0 Å². The normalized spacial score (nSPS) is 24.5. The first-order valence-electron chi connectivity index (χ1n) is 8.40. The molecule has 4 nitrogen and oxygen atoms in total. The summed E-state index contributed by atoms with van der Waals surface area (Å²) >= 11 is 0. The van der Waals surface area contributed by atoms with Crippen LogP contribution in [0.3, 0.4) is 0 Å². The first-order valence-corrected chi connectivity index (χ1v) is 8.40. The van der Waals surface area contributed by atoms with Gasteiger partial charge in [-0.25, -0.2) is 4.39 Å². The van der Waals surface area contributed by atoms with Gasteiger partial charge in [-0.15, -0.1) is 0 Å². The molecule has 0 N–H and O–H groups in total. The van der Waals surface area contributed by atoms with Gasteiger partial charge in [0.05, 0.1) is 6.04 Å². The third-order valence-corrected chi connectivity index (χ3v) is 4.99. The summed E-state index contributed by atoms with van der Waals surface area (Å²) in [5.41, 5.74) is 0.805. The second-order valence-electron chi connectivity index (χ2n) is 6.52. The van der Waals surface area contributed by atoms with Crippen LogP contribution >= 0.6 is 0 Å². The van der Waals surface area contributed by atoms with E-state index >= 15 is 0 Å². The monoisotopic (exact) mass is 318 g/mol. The maximum Gasteiger partial charge on any atom is 0.223 e. The highest BCUT2D eigenvalue weighted by Crippen LogP contribution is 2.31. The molecule has 2 amide bonds. The molecule has 2 aliphatic heterocycles. The average molecular weight is 318 g/mol. The lowest BCUT2D eigenvalue weighted by atomic mass is 9.98. The molecule has 2 aliphatic rings. The van der Waals surface area contributed by atoms with Crippen molar-refractivity contribution >= 4 is 11.8 Å². The van der Waals surface area contributed by atoms with Crippen LogP contribution in [0.15, 0.2) is 24.3 Å². The highest BCUT2D eigenvalue weighted by atomic mass is 19.1. The lowest BCUT2D eigenvalue weighted by molar-refractivity contribution is -0.135. The van der Waals surface area contributed by atoms with Gasteiger partial charge < -0.3 is 9.80 Å². The van der Waals surface area contributed by atoms with Crippen LogP contribution in [0, 0.1) is 11.7 Å². The third-order valence-electron chi connectivity index (χ3n) is 4.99. The van der Waals surface area contributed by atoms with Gasteiger partial charge in [0.2, 0.25) is 11.8 Å². The Labute approximate surface area is 136 Å². The summed E-state index contributed by atoms with van der Waals surface area (Å²) in [4.78, 5) is 28.3. The Morgan fingerprint density at radius 2 is 2.17 bits per heavy atom. The van der Waals surface area contributed by atoms with E-state index in [9.17, 15) is 14.0 Å². The molecule has 0 unspecified atom stereocenters. The zero-order valence-electron chi connectivity index (χ0n) is 13.5. The Morgan fingerprint density at radius 1 is 1.35 bits per heavy atom. The van der Waals surface area contributed by atoms with Crippen LogP contribution in [-0.4, -0.2) is 40.7 Å². The fraction of sp³-hybridized carbons (Fsp3) is 0.556. The van der Waals surface area contributed by atoms with Crippen LogP contribution in [0.1, 0.15) is 38.2 Å². The van der Waals surface area contributed by atoms with Gasteiger partial charge in [-0.3, -0.25) is 9.59 Å². The van der Waals surface area contributed by atoms with Gasteiger partial charge in [0.1, 0.15) is 5.82 Å². The second-order valence-corrected chi connectivity index (χ2v) is 6.52. The lowest BCUT2D eigenvalue weighted by Crippen LogP contribution is -2.43. The Kier molecular flexibility index (Phi) is 4.64. The number of carbonyl (C=O) groups is 2. The minimum atomic E-state index is -0.282. The molecule has 0 bridgehead atoms. The van der Waals surface area contributed by atoms with Crippen LogP contribution in [0.25, 0.3) is 0 Å². The zero-order chi connectivity index (χ0) is 16.4. The minimum absolute atomic E-state index is 0.0590. The summed E-state index contributed by atoms with van der Waals surface area (Å²) in [6.45, 7) is 3.64. The van der Waals surface area contributed by atoms with E-state index in [0.717, 1.165) is 24.9 Å². The number of nitrogens with zero attached hydrogens (tertiary/aromatic N) is 2. The van der Waals surface area contributed by atoms with Gasteiger partial charge in [-0.1, -0.05) is 19.1 Å². The fourth-order valence-electron chi connectivity index (χ4n) is 3.80. The van der Waals surface area contributed by atoms with Gasteiger partial charge in [0.25, 0.3) is 0 Å². The van der Waals surface area contributed by atoms with E-state index in [-0.39, 0.29) is 23.7 Å². The molecule has 3 rings (SSSR count). The molecule has 2 heterocycles. The molecular formula is C18H23FN2O2. The fourth-order valence-corrected chi connectivity index (χ4v) is 3.80. The third kappa shape index (κ3) is 3.38. The first-order chi connectivity index (χ1) is 11.1. The molecule has 5 heteroatoms. The number of benzene rings is 1. The van der Waals surface area contributed by atoms with Crippen molar-refractivity contribution in [1.82, 2.24) is 9.80 Å². The number of amides is 2. The van der Waals surface area contributed by atoms with Crippen molar-refractivity contribution in [3.05, 3.63) is 35.6 Å². The van der Waals surface area contributed by atoms with Crippen LogP contribution < -0.4 is 0 Å². The van der Waals surface area contributed by atoms with Crippen molar-refractivity contribution in [2.75, 3.05) is 13.1 Å². The van der Waals surface area contributed by atoms with Crippen molar-refractivity contribution in [2.24, 2.45) is 5.92 Å². The number of carbonyl (C=O) groups excluding carboxylic acids is 2. The number of halogens is 1. The molecule has 0 saturated carbocycles. The molecule has 1 aromatic carbocycles. The number of hydrogen-bond acceptors (Lipinski definition) is 2. The lowest BCUT2D eigenvalue weighted by Gasteiger charge is -2.30. The van der Waals surface area contributed by atoms with E-state index in [2.05, 4.69) is 0 Å². The Morgan fingerprint density at radius 3 is 2.91 bits per heavy atom. The minimum Gasteiger partial charge on any atom is -0.340 e. The summed E-state index contributed by atoms with van der Waals surface area (Å²) in [6, 6.07) is 6.47. The van der Waals surface area contributed by atoms with E-state index in [1.54, 1.807) is 6.07 Å². The molecule has 124 valence electrons. The molecule has 2 atom stereocenters. The molecule has 0 aliphatic carbocycles. The number of likely N-dealkylation sites (tertiary alicyclic amines) is 2. The topological polar surface area (TPSA) is 40.6 Å². The van der Waals surface area contributed by atoms with Crippen molar-refractivity contribution in [1.29, 1.82) is 0 Å². The first kappa shape index (κ1) is 16.0. The highest BCUT2D eigenvalue weighted by molar-refractivity contribution is 5.78. The van der Waals surface area contributed by atoms with Gasteiger partial charge in [-0.05, 0) is 36.5 Å². The molecule has 1 aromatic rings. The molecular weight excluding hydrogens is 295 g/mol. The smallest absolute Gasteiger partial charge is 0.223 e. The summed E-state index contributed by atoms with van der Waals surface area (Å²) in [6.07, 6.45) is 2.89. The van der Waals surface area contributed by atoms with Gasteiger partial charge in [0.15, 0.2) is 0 Å². The Hall–Kier alpha value is -1.91. The largest absolute Gasteiger partial charge is 0.340 e. The zero-order valence-corrected chi connectivity index (χ0v) is 13.5. The van der Waals surface area contributed by atoms with Crippen LogP contribution in [0.4, 0.5) is 4.39 Å². The van der Waals surface area contributed by atoms with Crippen LogP contribution in [-0.2, 0) is 16.1 Å². The SMILES string of the molecule is CCC(=O)N1C[C@H]2CCCC(=O)N(Cc3cccc(F)c3)[C@H]2C1. The van der Waals surface area contributed by atoms with Crippen LogP contribution in [0.5, 0.6) is 0 Å². The maximum absolute atomic E-state index is 13.4. The molecule has 0 aromatic heterocycles. The van der Waals surface area contributed by atoms with Gasteiger partial charge in [-0.2, -0.15) is 0 Å². The van der Waals surface area contributed by atoms with Crippen molar-refractivity contribution in [3.63, 3.8) is 0 Å². The Balaban J connectivity index is 1.81. The summed E-state index contributed by atoms with van der Waals surface area (Å²) in [5.74, 6) is 0.324. The van der Waals surface area contributed by atoms with Crippen molar-refractivity contribution in [3.8, 4) is 0 Å². The van der Waals surface area contributed by atoms with Crippen molar-refractivity contribution in [2.45, 2.75) is 45.2 Å². The standard InChI is InChI=1S/C18H23FN2O2/c1-2-17(22)20-11-14-6-4-8-18(23)21(16(14)12-20)10-13-5-3-7-15(19)9-13/h3,5,7,9,14,16H,2,4,6,8,10-12H2,1H3/t14-,16+/m1/s1. The maximum atomic E-state index is 13.4. The molecule has 0 spiro atoms. The summed E-state index contributed by atoms with van der Waals surface area (Å²) in [7, 11) is 0. The highest BCUT2D eigenvalue weighted by Gasteiger charge is 2.41. The number of hydrogen-bond donors (Lipinski definition) is 0. The van der Waals surface area contributed by atoms with Crippen LogP contribution in [0.2, 0.25) is 0 Å². The van der Waals surface area contributed by atoms with Crippen molar-refractivity contribution < 1.29 is 14.0 Å². The average Bonchev–Trinajstić information content (AvgIpc) is 2.90. The summed E-state index contributed by atoms with van der Waals surface area (Å²) in [5, 5.41) is 0. The molecule has 2 saturated heterocycles. The quantitative estimate of drug-likeness (QED) is 0.859. The van der Waals surface area contributed by atoms with E-state index in [1.165, 1.54) is 12.1 Å².